The number of nitrogens with one attached hydrogen (secondary N) is 1. The maximum atomic E-state index is 12.2. The Kier molecular flexibility index (Phi) is 3.17. The van der Waals surface area contributed by atoms with E-state index in [2.05, 4.69) is 0 Å². The fourth-order valence-corrected chi connectivity index (χ4v) is 1.07. The van der Waals surface area contributed by atoms with Crippen LogP contribution in [0.15, 0.2) is 18.2 Å². The van der Waals surface area contributed by atoms with Gasteiger partial charge in [-0.25, -0.2) is 4.79 Å². The van der Waals surface area contributed by atoms with Crippen molar-refractivity contribution in [2.75, 3.05) is 5.32 Å². The van der Waals surface area contributed by atoms with Crippen molar-refractivity contribution in [2.45, 2.75) is 6.18 Å². The summed E-state index contributed by atoms with van der Waals surface area (Å²) in [6.07, 6.45) is -5.87. The predicted molar refractivity (Wildman–Crippen MR) is 48.5 cm³/mol. The lowest BCUT2D eigenvalue weighted by atomic mass is 10.1. The number of hydrogen-bond donors (Lipinski definition) is 2. The number of carboxylic acid groups (broad SMARTS) is 1. The van der Waals surface area contributed by atoms with Gasteiger partial charge < -0.3 is 5.11 Å². The van der Waals surface area contributed by atoms with E-state index < -0.39 is 17.8 Å². The number of hydrogen-bond acceptors (Lipinski definition) is 2. The van der Waals surface area contributed by atoms with Crippen LogP contribution in [-0.2, 0) is 6.18 Å². The second-order valence-electron chi connectivity index (χ2n) is 2.85. The molecular formula is C9H6F3NO3. The highest BCUT2D eigenvalue weighted by atomic mass is 19.4. The molecule has 4 nitrogen and oxygen atoms in total. The van der Waals surface area contributed by atoms with E-state index in [0.29, 0.717) is 12.1 Å². The Bertz CT molecular complexity index is 428. The van der Waals surface area contributed by atoms with Crippen LogP contribution in [0.4, 0.5) is 23.7 Å². The molecule has 0 aromatic heterocycles. The van der Waals surface area contributed by atoms with Gasteiger partial charge in [0.05, 0.1) is 11.3 Å². The third-order valence-electron chi connectivity index (χ3n) is 1.75. The molecule has 1 aromatic rings. The topological polar surface area (TPSA) is 66.4 Å². The molecule has 0 saturated carbocycles. The van der Waals surface area contributed by atoms with Gasteiger partial charge in [-0.1, -0.05) is 0 Å². The summed E-state index contributed by atoms with van der Waals surface area (Å²) in [5.41, 5.74) is -1.56. The van der Waals surface area contributed by atoms with Crippen LogP contribution < -0.4 is 5.32 Å². The molecular weight excluding hydrogens is 227 g/mol. The van der Waals surface area contributed by atoms with Crippen LogP contribution in [0.3, 0.4) is 0 Å². The summed E-state index contributed by atoms with van der Waals surface area (Å²) in [7, 11) is 0. The molecule has 86 valence electrons. The Labute approximate surface area is 87.7 Å². The van der Waals surface area contributed by atoms with E-state index in [4.69, 9.17) is 5.11 Å². The lowest BCUT2D eigenvalue weighted by Crippen LogP contribution is -2.11. The van der Waals surface area contributed by atoms with Crippen molar-refractivity contribution in [1.82, 2.24) is 0 Å². The average Bonchev–Trinajstić information content (AvgIpc) is 2.15. The Morgan fingerprint density at radius 1 is 1.38 bits per heavy atom. The molecule has 0 heterocycles. The summed E-state index contributed by atoms with van der Waals surface area (Å²) >= 11 is 0. The van der Waals surface area contributed by atoms with Crippen LogP contribution in [0.1, 0.15) is 15.9 Å². The number of carbonyl (C=O) groups is 2. The summed E-state index contributed by atoms with van der Waals surface area (Å²) in [5, 5.41) is 10.2. The third-order valence-corrected chi connectivity index (χ3v) is 1.75. The molecule has 0 radical (unpaired) electrons. The number of halogens is 3. The Morgan fingerprint density at radius 2 is 2.00 bits per heavy atom. The first-order chi connectivity index (χ1) is 7.34. The van der Waals surface area contributed by atoms with E-state index in [-0.39, 0.29) is 17.5 Å². The van der Waals surface area contributed by atoms with Gasteiger partial charge in [0, 0.05) is 5.56 Å². The second-order valence-corrected chi connectivity index (χ2v) is 2.85. The normalized spacial score (nSPS) is 10.9. The monoisotopic (exact) mass is 233 g/mol. The van der Waals surface area contributed by atoms with E-state index >= 15 is 0 Å². The minimum Gasteiger partial charge on any atom is -0.465 e. The highest BCUT2D eigenvalue weighted by Gasteiger charge is 2.31. The Hall–Kier alpha value is -2.05. The summed E-state index contributed by atoms with van der Waals surface area (Å²) in [5.74, 6) is 0. The number of aldehydes is 1. The number of benzene rings is 1. The summed E-state index contributed by atoms with van der Waals surface area (Å²) in [4.78, 5) is 20.8. The largest absolute Gasteiger partial charge is 0.465 e. The number of rotatable bonds is 2. The molecule has 0 bridgehead atoms. The number of anilines is 1. The third kappa shape index (κ3) is 2.72. The van der Waals surface area contributed by atoms with Crippen molar-refractivity contribution in [3.63, 3.8) is 0 Å². The zero-order valence-electron chi connectivity index (χ0n) is 7.71. The van der Waals surface area contributed by atoms with Gasteiger partial charge in [-0.2, -0.15) is 13.2 Å². The SMILES string of the molecule is O=Cc1cc(C(F)(F)F)ccc1NC(=O)O. The number of amides is 1. The van der Waals surface area contributed by atoms with Gasteiger partial charge >= 0.3 is 12.3 Å². The first-order valence-corrected chi connectivity index (χ1v) is 4.01. The van der Waals surface area contributed by atoms with E-state index in [1.165, 1.54) is 0 Å². The van der Waals surface area contributed by atoms with Gasteiger partial charge in [0.2, 0.25) is 0 Å². The van der Waals surface area contributed by atoms with Gasteiger partial charge in [0.1, 0.15) is 0 Å². The van der Waals surface area contributed by atoms with E-state index in [0.717, 1.165) is 6.07 Å². The lowest BCUT2D eigenvalue weighted by molar-refractivity contribution is -0.137. The predicted octanol–water partition coefficient (Wildman–Crippen LogP) is 2.61. The van der Waals surface area contributed by atoms with Crippen molar-refractivity contribution < 1.29 is 27.9 Å². The van der Waals surface area contributed by atoms with Crippen LogP contribution in [-0.4, -0.2) is 17.5 Å². The van der Waals surface area contributed by atoms with E-state index in [9.17, 15) is 22.8 Å². The van der Waals surface area contributed by atoms with Crippen molar-refractivity contribution in [1.29, 1.82) is 0 Å². The maximum Gasteiger partial charge on any atom is 0.416 e. The van der Waals surface area contributed by atoms with Gasteiger partial charge in [-0.05, 0) is 18.2 Å². The molecule has 0 fully saturated rings. The number of carbonyl (C=O) groups excluding carboxylic acids is 1. The van der Waals surface area contributed by atoms with Crippen molar-refractivity contribution in [3.05, 3.63) is 29.3 Å². The minimum absolute atomic E-state index is 0.153. The lowest BCUT2D eigenvalue weighted by Gasteiger charge is -2.09. The zero-order valence-corrected chi connectivity index (χ0v) is 7.71. The molecule has 7 heteroatoms. The highest BCUT2D eigenvalue weighted by Crippen LogP contribution is 2.31. The van der Waals surface area contributed by atoms with Gasteiger partial charge in [-0.15, -0.1) is 0 Å². The van der Waals surface area contributed by atoms with Crippen molar-refractivity contribution in [3.8, 4) is 0 Å². The van der Waals surface area contributed by atoms with Crippen LogP contribution in [0.2, 0.25) is 0 Å². The summed E-state index contributed by atoms with van der Waals surface area (Å²) < 4.78 is 36.7. The summed E-state index contributed by atoms with van der Waals surface area (Å²) in [6.45, 7) is 0. The van der Waals surface area contributed by atoms with Gasteiger partial charge in [0.15, 0.2) is 6.29 Å². The zero-order chi connectivity index (χ0) is 12.3. The van der Waals surface area contributed by atoms with Crippen LogP contribution in [0.25, 0.3) is 0 Å². The fraction of sp³-hybridized carbons (Fsp3) is 0.111. The fourth-order valence-electron chi connectivity index (χ4n) is 1.07. The van der Waals surface area contributed by atoms with Crippen LogP contribution in [0, 0.1) is 0 Å². The average molecular weight is 233 g/mol. The molecule has 1 amide bonds. The smallest absolute Gasteiger partial charge is 0.416 e. The number of alkyl halides is 3. The highest BCUT2D eigenvalue weighted by molar-refractivity contribution is 5.92. The van der Waals surface area contributed by atoms with Crippen molar-refractivity contribution in [2.24, 2.45) is 0 Å². The molecule has 0 aliphatic rings. The van der Waals surface area contributed by atoms with Crippen LogP contribution in [0.5, 0.6) is 0 Å². The molecule has 0 saturated heterocycles. The quantitative estimate of drug-likeness (QED) is 0.771. The Morgan fingerprint density at radius 3 is 2.44 bits per heavy atom. The first-order valence-electron chi connectivity index (χ1n) is 4.01. The second kappa shape index (κ2) is 4.21. The molecule has 0 unspecified atom stereocenters. The molecule has 2 N–H and O–H groups in total. The molecule has 1 rings (SSSR count). The molecule has 16 heavy (non-hydrogen) atoms. The van der Waals surface area contributed by atoms with Crippen molar-refractivity contribution >= 4 is 18.1 Å². The maximum absolute atomic E-state index is 12.2. The standard InChI is InChI=1S/C9H6F3NO3/c10-9(11,12)6-1-2-7(13-8(15)16)5(3-6)4-14/h1-4,13H,(H,15,16). The molecule has 0 atom stereocenters. The summed E-state index contributed by atoms with van der Waals surface area (Å²) in [6, 6.07) is 2.16. The van der Waals surface area contributed by atoms with Gasteiger partial charge in [-0.3, -0.25) is 10.1 Å². The molecule has 0 aliphatic heterocycles. The Balaban J connectivity index is 3.17. The molecule has 0 spiro atoms. The van der Waals surface area contributed by atoms with Crippen LogP contribution >= 0.6 is 0 Å². The molecule has 1 aromatic carbocycles. The first kappa shape index (κ1) is 12.0. The van der Waals surface area contributed by atoms with E-state index in [1.54, 1.807) is 0 Å². The molecule has 0 aliphatic carbocycles. The van der Waals surface area contributed by atoms with E-state index in [1.807, 2.05) is 5.32 Å². The minimum atomic E-state index is -4.57. The van der Waals surface area contributed by atoms with Gasteiger partial charge in [0.25, 0.3) is 0 Å².